The average Bonchev–Trinajstić information content (AvgIpc) is 3.30. The van der Waals surface area contributed by atoms with Gasteiger partial charge in [-0.3, -0.25) is 9.88 Å². The third-order valence-electron chi connectivity index (χ3n) is 7.73. The van der Waals surface area contributed by atoms with Crippen LogP contribution in [0.25, 0.3) is 22.6 Å². The Bertz CT molecular complexity index is 1470. The molecule has 2 fully saturated rings. The Morgan fingerprint density at radius 2 is 1.98 bits per heavy atom. The smallest absolute Gasteiger partial charge is 0.166 e. The molecular weight excluding hydrogens is 528 g/mol. The molecule has 0 radical (unpaired) electrons. The van der Waals surface area contributed by atoms with Crippen molar-refractivity contribution < 1.29 is 9.84 Å². The number of nitrogens with zero attached hydrogens (tertiary/aromatic N) is 6. The van der Waals surface area contributed by atoms with Crippen molar-refractivity contribution in [2.75, 3.05) is 51.3 Å². The third-order valence-corrected chi connectivity index (χ3v) is 8.04. The summed E-state index contributed by atoms with van der Waals surface area (Å²) < 4.78 is 8.09. The van der Waals surface area contributed by atoms with Crippen LogP contribution in [0.15, 0.2) is 42.9 Å². The second-order valence-corrected chi connectivity index (χ2v) is 11.1. The van der Waals surface area contributed by atoms with Crippen molar-refractivity contribution >= 4 is 28.6 Å². The number of piperazine rings is 1. The fourth-order valence-electron chi connectivity index (χ4n) is 5.44. The van der Waals surface area contributed by atoms with Crippen molar-refractivity contribution in [2.45, 2.75) is 32.4 Å². The molecule has 1 saturated carbocycles. The molecule has 0 amide bonds. The molecule has 3 aromatic heterocycles. The number of hydrogen-bond donors (Lipinski definition) is 3. The van der Waals surface area contributed by atoms with E-state index in [-0.39, 0.29) is 12.6 Å². The first-order valence-corrected chi connectivity index (χ1v) is 14.3. The highest BCUT2D eigenvalue weighted by Crippen LogP contribution is 2.35. The number of aliphatic hydroxyl groups is 1. The van der Waals surface area contributed by atoms with Crippen LogP contribution in [-0.2, 0) is 6.54 Å². The van der Waals surface area contributed by atoms with Crippen molar-refractivity contribution in [1.82, 2.24) is 34.7 Å². The van der Waals surface area contributed by atoms with E-state index in [2.05, 4.69) is 43.5 Å². The number of hydrogen-bond acceptors (Lipinski definition) is 9. The first-order valence-electron chi connectivity index (χ1n) is 13.9. The minimum Gasteiger partial charge on any atom is -0.492 e. The summed E-state index contributed by atoms with van der Waals surface area (Å²) in [4.78, 5) is 21.2. The Kier molecular flexibility index (Phi) is 8.10. The zero-order chi connectivity index (χ0) is 27.5. The number of aromatic nitrogens is 5. The lowest BCUT2D eigenvalue weighted by Gasteiger charge is -2.34. The van der Waals surface area contributed by atoms with E-state index in [1.54, 1.807) is 6.33 Å². The molecule has 0 unspecified atom stereocenters. The molecule has 0 bridgehead atoms. The molecule has 210 valence electrons. The van der Waals surface area contributed by atoms with Crippen LogP contribution in [0.3, 0.4) is 0 Å². The molecule has 40 heavy (non-hydrogen) atoms. The zero-order valence-corrected chi connectivity index (χ0v) is 23.4. The van der Waals surface area contributed by atoms with Crippen molar-refractivity contribution in [3.63, 3.8) is 0 Å². The third kappa shape index (κ3) is 5.90. The van der Waals surface area contributed by atoms with Gasteiger partial charge in [0.1, 0.15) is 24.5 Å². The summed E-state index contributed by atoms with van der Waals surface area (Å²) in [5, 5.41) is 16.9. The van der Waals surface area contributed by atoms with Crippen molar-refractivity contribution in [3.8, 4) is 17.1 Å². The van der Waals surface area contributed by atoms with Crippen molar-refractivity contribution in [3.05, 3.63) is 59.1 Å². The van der Waals surface area contributed by atoms with E-state index in [0.717, 1.165) is 68.1 Å². The molecular formula is C29H35ClN8O2. The fraction of sp³-hybridized carbons (Fsp3) is 0.448. The Morgan fingerprint density at radius 3 is 2.75 bits per heavy atom. The molecule has 4 aromatic rings. The van der Waals surface area contributed by atoms with E-state index in [1.165, 1.54) is 0 Å². The highest BCUT2D eigenvalue weighted by molar-refractivity contribution is 6.33. The summed E-state index contributed by atoms with van der Waals surface area (Å²) in [6, 6.07) is 10.1. The predicted molar refractivity (Wildman–Crippen MR) is 156 cm³/mol. The van der Waals surface area contributed by atoms with Crippen LogP contribution in [0.5, 0.6) is 5.75 Å². The van der Waals surface area contributed by atoms with E-state index in [0.29, 0.717) is 46.9 Å². The molecule has 1 aliphatic carbocycles. The standard InChI is InChI=1S/C29H35ClN8O2/c1-19-4-5-32-22(12-19)16-38-28(36-26-27(33-18-34-29(26)38)35-21-13-20(14-21)17-39)24-3-2-23(15-25(24)30)40-11-10-37-8-6-31-7-9-37/h2-5,12,15,18,20-21,31,39H,6-11,13-14,16-17H2,1H3,(H,33,34,35). The van der Waals surface area contributed by atoms with Gasteiger partial charge in [0.2, 0.25) is 0 Å². The number of anilines is 1. The number of aryl methyl sites for hydroxylation is 1. The molecule has 0 atom stereocenters. The van der Waals surface area contributed by atoms with E-state index in [1.807, 2.05) is 35.0 Å². The van der Waals surface area contributed by atoms with Gasteiger partial charge in [-0.1, -0.05) is 11.6 Å². The lowest BCUT2D eigenvalue weighted by molar-refractivity contribution is 0.151. The number of aliphatic hydroxyl groups excluding tert-OH is 1. The van der Waals surface area contributed by atoms with E-state index in [4.69, 9.17) is 21.3 Å². The summed E-state index contributed by atoms with van der Waals surface area (Å²) in [6.07, 6.45) is 5.20. The highest BCUT2D eigenvalue weighted by atomic mass is 35.5. The van der Waals surface area contributed by atoms with Crippen LogP contribution in [0, 0.1) is 12.8 Å². The fourth-order valence-corrected chi connectivity index (χ4v) is 5.69. The lowest BCUT2D eigenvalue weighted by Crippen LogP contribution is -2.44. The maximum Gasteiger partial charge on any atom is 0.166 e. The van der Waals surface area contributed by atoms with Gasteiger partial charge in [0.15, 0.2) is 17.0 Å². The highest BCUT2D eigenvalue weighted by Gasteiger charge is 2.30. The largest absolute Gasteiger partial charge is 0.492 e. The van der Waals surface area contributed by atoms with Crippen LogP contribution >= 0.6 is 11.6 Å². The molecule has 3 N–H and O–H groups in total. The van der Waals surface area contributed by atoms with Crippen molar-refractivity contribution in [1.29, 1.82) is 0 Å². The second-order valence-electron chi connectivity index (χ2n) is 10.7. The SMILES string of the molecule is Cc1ccnc(Cn2c(-c3ccc(OCCN4CCNCC4)cc3Cl)nc3c(NC4CC(CO)C4)ncnc32)c1. The number of nitrogens with one attached hydrogen (secondary N) is 2. The number of pyridine rings is 1. The van der Waals surface area contributed by atoms with Crippen LogP contribution < -0.4 is 15.4 Å². The average molecular weight is 563 g/mol. The summed E-state index contributed by atoms with van der Waals surface area (Å²) in [5.74, 6) is 2.46. The first-order chi connectivity index (χ1) is 19.6. The van der Waals surface area contributed by atoms with Gasteiger partial charge < -0.3 is 25.0 Å². The molecule has 1 aromatic carbocycles. The Morgan fingerprint density at radius 1 is 1.12 bits per heavy atom. The van der Waals surface area contributed by atoms with Crippen LogP contribution in [0.4, 0.5) is 5.82 Å². The quantitative estimate of drug-likeness (QED) is 0.268. The topological polar surface area (TPSA) is 113 Å². The first kappa shape index (κ1) is 26.9. The normalized spacial score (nSPS) is 19.5. The van der Waals surface area contributed by atoms with E-state index in [9.17, 15) is 5.11 Å². The minimum atomic E-state index is 0.216. The van der Waals surface area contributed by atoms with Crippen molar-refractivity contribution in [2.24, 2.45) is 5.92 Å². The van der Waals surface area contributed by atoms with Gasteiger partial charge in [-0.15, -0.1) is 0 Å². The Balaban J connectivity index is 1.30. The molecule has 0 spiro atoms. The molecule has 6 rings (SSSR count). The molecule has 1 saturated heterocycles. The predicted octanol–water partition coefficient (Wildman–Crippen LogP) is 3.37. The zero-order valence-electron chi connectivity index (χ0n) is 22.7. The lowest BCUT2D eigenvalue weighted by atomic mass is 9.81. The minimum absolute atomic E-state index is 0.216. The monoisotopic (exact) mass is 562 g/mol. The maximum atomic E-state index is 9.42. The van der Waals surface area contributed by atoms with Gasteiger partial charge >= 0.3 is 0 Å². The van der Waals surface area contributed by atoms with Crippen LogP contribution in [0.1, 0.15) is 24.1 Å². The number of imidazole rings is 1. The van der Waals surface area contributed by atoms with Gasteiger partial charge in [-0.2, -0.15) is 0 Å². The molecule has 10 nitrogen and oxygen atoms in total. The van der Waals surface area contributed by atoms with Gasteiger partial charge in [0, 0.05) is 57.1 Å². The molecule has 11 heteroatoms. The van der Waals surface area contributed by atoms with Gasteiger partial charge in [-0.25, -0.2) is 15.0 Å². The molecule has 4 heterocycles. The number of benzene rings is 1. The summed E-state index contributed by atoms with van der Waals surface area (Å²) in [6.45, 7) is 8.36. The van der Waals surface area contributed by atoms with E-state index >= 15 is 0 Å². The summed E-state index contributed by atoms with van der Waals surface area (Å²) in [5.41, 5.74) is 4.22. The summed E-state index contributed by atoms with van der Waals surface area (Å²) >= 11 is 6.86. The number of rotatable bonds is 10. The van der Waals surface area contributed by atoms with Gasteiger partial charge in [0.25, 0.3) is 0 Å². The van der Waals surface area contributed by atoms with Gasteiger partial charge in [0.05, 0.1) is 17.3 Å². The second kappa shape index (κ2) is 12.1. The Labute approximate surface area is 238 Å². The van der Waals surface area contributed by atoms with Crippen LogP contribution in [0.2, 0.25) is 5.02 Å². The number of halogens is 1. The van der Waals surface area contributed by atoms with Gasteiger partial charge in [-0.05, 0) is 61.6 Å². The summed E-state index contributed by atoms with van der Waals surface area (Å²) in [7, 11) is 0. The maximum absolute atomic E-state index is 9.42. The number of ether oxygens (including phenoxy) is 1. The van der Waals surface area contributed by atoms with E-state index < -0.39 is 0 Å². The Hall–Kier alpha value is -3.31. The molecule has 2 aliphatic rings. The van der Waals surface area contributed by atoms with Crippen LogP contribution in [-0.4, -0.2) is 86.5 Å². The number of fused-ring (bicyclic) bond motifs is 1. The molecule has 1 aliphatic heterocycles.